The third-order valence-electron chi connectivity index (χ3n) is 9.03. The number of carboxylic acids is 1. The number of carbonyl (C=O) groups excluding carboxylic acids is 2. The summed E-state index contributed by atoms with van der Waals surface area (Å²) in [6, 6.07) is -1.57. The monoisotopic (exact) mass is 824 g/mol. The first-order valence-electron chi connectivity index (χ1n) is 21.8. The van der Waals surface area contributed by atoms with Crippen molar-refractivity contribution in [3.63, 3.8) is 0 Å². The number of unbranched alkanes of at least 4 members (excludes halogenated alkanes) is 16. The van der Waals surface area contributed by atoms with Crippen molar-refractivity contribution in [2.24, 2.45) is 0 Å². The number of carboxylic acid groups (broad SMARTS) is 1. The lowest BCUT2D eigenvalue weighted by atomic mass is 10.1. The van der Waals surface area contributed by atoms with Crippen LogP contribution in [0.1, 0.15) is 174 Å². The van der Waals surface area contributed by atoms with Crippen molar-refractivity contribution in [1.29, 1.82) is 0 Å². The average Bonchev–Trinajstić information content (AvgIpc) is 3.18. The number of nitrogens with one attached hydrogen (secondary N) is 1. The van der Waals surface area contributed by atoms with Gasteiger partial charge in [0.1, 0.15) is 12.7 Å². The van der Waals surface area contributed by atoms with Gasteiger partial charge in [0.2, 0.25) is 5.91 Å². The fraction of sp³-hybridized carbons (Fsp3) is 0.711. The summed E-state index contributed by atoms with van der Waals surface area (Å²) in [5.74, 6) is -2.43. The zero-order valence-electron chi connectivity index (χ0n) is 35.4. The van der Waals surface area contributed by atoms with Crippen molar-refractivity contribution in [1.82, 2.24) is 5.32 Å². The lowest BCUT2D eigenvalue weighted by Gasteiger charge is -2.18. The van der Waals surface area contributed by atoms with Crippen molar-refractivity contribution in [2.75, 3.05) is 19.8 Å². The van der Waals surface area contributed by atoms with E-state index in [-0.39, 0.29) is 12.8 Å². The van der Waals surface area contributed by atoms with Gasteiger partial charge >= 0.3 is 19.8 Å². The minimum atomic E-state index is -4.77. The van der Waals surface area contributed by atoms with Crippen molar-refractivity contribution in [3.8, 4) is 0 Å². The van der Waals surface area contributed by atoms with Gasteiger partial charge in [-0.2, -0.15) is 0 Å². The number of hydrogen-bond donors (Lipinski definition) is 4. The number of phosphoric acid groups is 1. The summed E-state index contributed by atoms with van der Waals surface area (Å²) >= 11 is 0. The Bertz CT molecular complexity index is 1200. The molecular formula is C45H78NO10P. The quantitative estimate of drug-likeness (QED) is 0.0202. The van der Waals surface area contributed by atoms with E-state index in [4.69, 9.17) is 13.8 Å². The lowest BCUT2D eigenvalue weighted by Crippen LogP contribution is -2.43. The third kappa shape index (κ3) is 39.8. The zero-order chi connectivity index (χ0) is 42.1. The minimum absolute atomic E-state index is 0.105. The number of phosphoric ester groups is 1. The average molecular weight is 824 g/mol. The van der Waals surface area contributed by atoms with Gasteiger partial charge in [0.25, 0.3) is 0 Å². The van der Waals surface area contributed by atoms with E-state index in [0.717, 1.165) is 77.0 Å². The van der Waals surface area contributed by atoms with Gasteiger partial charge < -0.3 is 25.2 Å². The van der Waals surface area contributed by atoms with Gasteiger partial charge in [-0.3, -0.25) is 18.6 Å². The van der Waals surface area contributed by atoms with Gasteiger partial charge in [0.05, 0.1) is 13.2 Å². The zero-order valence-corrected chi connectivity index (χ0v) is 36.3. The molecule has 0 aromatic rings. The molecule has 4 N–H and O–H groups in total. The van der Waals surface area contributed by atoms with Gasteiger partial charge in [0, 0.05) is 12.8 Å². The molecule has 0 aliphatic heterocycles. The van der Waals surface area contributed by atoms with Crippen molar-refractivity contribution >= 4 is 25.7 Å². The maximum atomic E-state index is 12.3. The molecule has 0 saturated heterocycles. The smallest absolute Gasteiger partial charge is 0.472 e. The summed E-state index contributed by atoms with van der Waals surface area (Å²) in [6.45, 7) is 2.51. The Kier molecular flexibility index (Phi) is 38.0. The minimum Gasteiger partial charge on any atom is -0.480 e. The Morgan fingerprint density at radius 2 is 0.965 bits per heavy atom. The van der Waals surface area contributed by atoms with Crippen molar-refractivity contribution in [2.45, 2.75) is 187 Å². The molecule has 0 saturated carbocycles. The van der Waals surface area contributed by atoms with Crippen molar-refractivity contribution < 1.29 is 47.8 Å². The number of aliphatic carboxylic acids is 1. The standard InChI is InChI=1S/C45H78NO10P/c1-3-5-7-9-11-13-15-17-19-20-21-22-23-24-26-28-30-32-34-36-43(48)46-42(45(50)51)40-56-57(52,53)55-39-41(47)38-54-44(49)37-35-33-31-29-27-25-18-16-14-12-10-8-6-4-2/h11,13,16-19,21-22,24,26,41-42,47H,3-10,12,14-15,20,23,25,27-40H2,1-2H3,(H,46,48)(H,50,51)(H,52,53)/b13-11-,18-16-,19-17-,22-21-,26-24-. The molecule has 0 radical (unpaired) electrons. The predicted octanol–water partition coefficient (Wildman–Crippen LogP) is 11.2. The summed E-state index contributed by atoms with van der Waals surface area (Å²) in [7, 11) is -4.77. The molecule has 12 heteroatoms. The molecule has 0 spiro atoms. The van der Waals surface area contributed by atoms with Gasteiger partial charge in [-0.05, 0) is 83.5 Å². The first kappa shape index (κ1) is 54.2. The summed E-state index contributed by atoms with van der Waals surface area (Å²) in [6.07, 6.45) is 45.3. The highest BCUT2D eigenvalue weighted by atomic mass is 31.2. The lowest BCUT2D eigenvalue weighted by molar-refractivity contribution is -0.147. The number of aliphatic hydroxyl groups excluding tert-OH is 1. The molecular weight excluding hydrogens is 745 g/mol. The van der Waals surface area contributed by atoms with Crippen LogP contribution in [0, 0.1) is 0 Å². The summed E-state index contributed by atoms with van der Waals surface area (Å²) in [4.78, 5) is 45.9. The first-order valence-corrected chi connectivity index (χ1v) is 23.3. The van der Waals surface area contributed by atoms with E-state index in [1.54, 1.807) is 0 Å². The Balaban J connectivity index is 4.00. The largest absolute Gasteiger partial charge is 0.480 e. The number of allylic oxidation sites excluding steroid dienone is 10. The molecule has 328 valence electrons. The second kappa shape index (κ2) is 40.0. The van der Waals surface area contributed by atoms with E-state index in [0.29, 0.717) is 12.8 Å². The number of amides is 1. The number of carbonyl (C=O) groups is 3. The van der Waals surface area contributed by atoms with Gasteiger partial charge in [-0.15, -0.1) is 0 Å². The number of esters is 1. The highest BCUT2D eigenvalue weighted by molar-refractivity contribution is 7.47. The van der Waals surface area contributed by atoms with Gasteiger partial charge in [-0.1, -0.05) is 139 Å². The van der Waals surface area contributed by atoms with Crippen molar-refractivity contribution in [3.05, 3.63) is 60.8 Å². The van der Waals surface area contributed by atoms with Crippen LogP contribution in [0.2, 0.25) is 0 Å². The SMILES string of the molecule is CCCCC/C=C\C/C=C\C/C=C\C/C=C\CCCCCC(=O)NC(COP(=O)(O)OCC(O)COC(=O)CCCCCCC/C=C\CCCCCCC)C(=O)O. The second-order valence-electron chi connectivity index (χ2n) is 14.5. The fourth-order valence-electron chi connectivity index (χ4n) is 5.59. The Morgan fingerprint density at radius 3 is 1.51 bits per heavy atom. The molecule has 0 aliphatic rings. The molecule has 0 bridgehead atoms. The molecule has 0 aliphatic carbocycles. The van der Waals surface area contributed by atoms with E-state index in [1.807, 2.05) is 0 Å². The topological polar surface area (TPSA) is 169 Å². The third-order valence-corrected chi connectivity index (χ3v) is 9.98. The van der Waals surface area contributed by atoms with Gasteiger partial charge in [-0.25, -0.2) is 9.36 Å². The van der Waals surface area contributed by atoms with Crippen LogP contribution in [0.4, 0.5) is 0 Å². The molecule has 1 amide bonds. The van der Waals surface area contributed by atoms with Crippen LogP contribution in [0.25, 0.3) is 0 Å². The van der Waals surface area contributed by atoms with Crippen LogP contribution in [0.15, 0.2) is 60.8 Å². The fourth-order valence-corrected chi connectivity index (χ4v) is 6.36. The number of ether oxygens (including phenoxy) is 1. The van der Waals surface area contributed by atoms with Crippen LogP contribution in [-0.2, 0) is 32.7 Å². The number of aliphatic hydroxyl groups is 1. The maximum Gasteiger partial charge on any atom is 0.472 e. The van der Waals surface area contributed by atoms with E-state index in [1.165, 1.54) is 57.8 Å². The molecule has 0 aromatic heterocycles. The first-order chi connectivity index (χ1) is 27.6. The van der Waals surface area contributed by atoms with Gasteiger partial charge in [0.15, 0.2) is 6.04 Å². The molecule has 57 heavy (non-hydrogen) atoms. The highest BCUT2D eigenvalue weighted by Gasteiger charge is 2.28. The number of rotatable bonds is 40. The van der Waals surface area contributed by atoms with Crippen LogP contribution >= 0.6 is 7.82 Å². The molecule has 0 heterocycles. The number of hydrogen-bond acceptors (Lipinski definition) is 8. The normalized spacial score (nSPS) is 14.3. The predicted molar refractivity (Wildman–Crippen MR) is 231 cm³/mol. The molecule has 3 atom stereocenters. The van der Waals surface area contributed by atoms with Crippen LogP contribution in [0.3, 0.4) is 0 Å². The Labute approximate surface area is 345 Å². The van der Waals surface area contributed by atoms with Crippen LogP contribution in [-0.4, -0.2) is 64.9 Å². The van der Waals surface area contributed by atoms with E-state index >= 15 is 0 Å². The maximum absolute atomic E-state index is 12.3. The molecule has 0 rings (SSSR count). The second-order valence-corrected chi connectivity index (χ2v) is 16.0. The molecule has 11 nitrogen and oxygen atoms in total. The highest BCUT2D eigenvalue weighted by Crippen LogP contribution is 2.43. The van der Waals surface area contributed by atoms with Crippen LogP contribution in [0.5, 0.6) is 0 Å². The Hall–Kier alpha value is -2.82. The summed E-state index contributed by atoms with van der Waals surface area (Å²) in [5.41, 5.74) is 0. The van der Waals surface area contributed by atoms with E-state index in [2.05, 4.69) is 79.9 Å². The van der Waals surface area contributed by atoms with E-state index < -0.39 is 57.6 Å². The molecule has 0 fully saturated rings. The molecule has 3 unspecified atom stereocenters. The Morgan fingerprint density at radius 1 is 0.561 bits per heavy atom. The summed E-state index contributed by atoms with van der Waals surface area (Å²) in [5, 5.41) is 21.8. The van der Waals surface area contributed by atoms with E-state index in [9.17, 15) is 34.1 Å². The molecule has 0 aromatic carbocycles. The summed E-state index contributed by atoms with van der Waals surface area (Å²) < 4.78 is 26.8. The van der Waals surface area contributed by atoms with Crippen LogP contribution < -0.4 is 5.32 Å².